The van der Waals surface area contributed by atoms with Crippen LogP contribution in [-0.2, 0) is 19.0 Å². The zero-order valence-electron chi connectivity index (χ0n) is 26.2. The number of benzene rings is 1. The number of amides is 1. The standard InChI is InChI=1S/C33H48FN3O6/c1-22-6-8-29(38)20-31(39)43-32(23(2)7-9-30(22)42-33(40)36-12-10-35(5)11-13-36)24(3)16-26-17-27(34)19-28(18-26)37-14-15-41-25(4)21-37/h7,9,16-19,22-23,25,29-30,32,38H,6,8,10-15,20-21H2,1-5H3/b9-7+,24-16+/t22-,23-,25-,29+,30-,32-/m0/s1. The summed E-state index contributed by atoms with van der Waals surface area (Å²) in [5, 5.41) is 10.6. The average Bonchev–Trinajstić information content (AvgIpc) is 2.96. The van der Waals surface area contributed by atoms with Gasteiger partial charge >= 0.3 is 12.1 Å². The number of piperazine rings is 1. The zero-order valence-corrected chi connectivity index (χ0v) is 26.2. The third-order valence-corrected chi connectivity index (χ3v) is 8.61. The molecular formula is C33H48FN3O6. The molecule has 2 fully saturated rings. The summed E-state index contributed by atoms with van der Waals surface area (Å²) in [6.07, 6.45) is 4.19. The van der Waals surface area contributed by atoms with Crippen LogP contribution in [0.5, 0.6) is 0 Å². The second-order valence-electron chi connectivity index (χ2n) is 12.5. The van der Waals surface area contributed by atoms with Crippen LogP contribution in [0.4, 0.5) is 14.9 Å². The highest BCUT2D eigenvalue weighted by molar-refractivity contribution is 5.71. The minimum atomic E-state index is -0.866. The van der Waals surface area contributed by atoms with Crippen LogP contribution >= 0.6 is 0 Å². The number of halogens is 1. The molecule has 0 aliphatic carbocycles. The van der Waals surface area contributed by atoms with Gasteiger partial charge in [-0.1, -0.05) is 26.0 Å². The molecule has 238 valence electrons. The predicted molar refractivity (Wildman–Crippen MR) is 164 cm³/mol. The van der Waals surface area contributed by atoms with Crippen molar-refractivity contribution < 1.29 is 33.3 Å². The van der Waals surface area contributed by atoms with Crippen molar-refractivity contribution >= 4 is 23.8 Å². The lowest BCUT2D eigenvalue weighted by Gasteiger charge is -2.33. The van der Waals surface area contributed by atoms with Gasteiger partial charge in [0.15, 0.2) is 0 Å². The molecule has 1 aromatic rings. The third-order valence-electron chi connectivity index (χ3n) is 8.61. The molecule has 3 aliphatic rings. The summed E-state index contributed by atoms with van der Waals surface area (Å²) in [6.45, 7) is 12.5. The first-order valence-corrected chi connectivity index (χ1v) is 15.5. The molecule has 43 heavy (non-hydrogen) atoms. The Kier molecular flexibility index (Phi) is 11.6. The van der Waals surface area contributed by atoms with Gasteiger partial charge in [0.25, 0.3) is 0 Å². The number of anilines is 1. The van der Waals surface area contributed by atoms with Gasteiger partial charge < -0.3 is 34.0 Å². The monoisotopic (exact) mass is 601 g/mol. The van der Waals surface area contributed by atoms with Crippen LogP contribution in [0, 0.1) is 17.7 Å². The molecule has 1 aromatic carbocycles. The van der Waals surface area contributed by atoms with Crippen molar-refractivity contribution in [1.82, 2.24) is 9.80 Å². The van der Waals surface area contributed by atoms with Crippen molar-refractivity contribution in [2.24, 2.45) is 11.8 Å². The second-order valence-corrected chi connectivity index (χ2v) is 12.5. The summed E-state index contributed by atoms with van der Waals surface area (Å²) in [6, 6.07) is 4.92. The number of likely N-dealkylation sites (N-methyl/N-ethyl adjacent to an activating group) is 1. The van der Waals surface area contributed by atoms with E-state index >= 15 is 0 Å². The second kappa shape index (κ2) is 15.2. The molecule has 9 nitrogen and oxygen atoms in total. The number of cyclic esters (lactones) is 1. The summed E-state index contributed by atoms with van der Waals surface area (Å²) >= 11 is 0. The first-order chi connectivity index (χ1) is 20.5. The van der Waals surface area contributed by atoms with Crippen LogP contribution in [0.1, 0.15) is 52.5 Å². The van der Waals surface area contributed by atoms with Crippen LogP contribution in [0.15, 0.2) is 35.9 Å². The maximum Gasteiger partial charge on any atom is 0.410 e. The Hall–Kier alpha value is -2.95. The molecule has 0 aromatic heterocycles. The highest BCUT2D eigenvalue weighted by Crippen LogP contribution is 2.28. The van der Waals surface area contributed by atoms with Gasteiger partial charge in [0, 0.05) is 50.9 Å². The average molecular weight is 602 g/mol. The van der Waals surface area contributed by atoms with E-state index < -0.39 is 24.3 Å². The number of aliphatic hydroxyl groups is 1. The first kappa shape index (κ1) is 33.0. The van der Waals surface area contributed by atoms with E-state index in [0.717, 1.165) is 24.4 Å². The van der Waals surface area contributed by atoms with E-state index in [0.29, 0.717) is 51.2 Å². The van der Waals surface area contributed by atoms with Crippen molar-refractivity contribution in [3.8, 4) is 0 Å². The maximum absolute atomic E-state index is 14.7. The Morgan fingerprint density at radius 2 is 1.81 bits per heavy atom. The molecule has 3 heterocycles. The van der Waals surface area contributed by atoms with E-state index in [1.807, 2.05) is 59.0 Å². The van der Waals surface area contributed by atoms with Gasteiger partial charge in [0.2, 0.25) is 0 Å². The molecule has 0 unspecified atom stereocenters. The van der Waals surface area contributed by atoms with Crippen LogP contribution in [0.25, 0.3) is 6.08 Å². The Morgan fingerprint density at radius 3 is 2.53 bits per heavy atom. The SMILES string of the molecule is C/C(=C\c1cc(F)cc(N2CCO[C@@H](C)C2)c1)[C@H]1OC(=O)C[C@H](O)CC[C@H](C)[C@@H](OC(=O)N2CCN(C)CC2)/C=C/[C@@H]1C. The van der Waals surface area contributed by atoms with Crippen molar-refractivity contribution in [2.75, 3.05) is 57.8 Å². The Balaban J connectivity index is 1.56. The summed E-state index contributed by atoms with van der Waals surface area (Å²) in [5.74, 6) is -1.17. The van der Waals surface area contributed by atoms with Crippen LogP contribution in [0.2, 0.25) is 0 Å². The summed E-state index contributed by atoms with van der Waals surface area (Å²) in [5.41, 5.74) is 2.18. The lowest BCUT2D eigenvalue weighted by molar-refractivity contribution is -0.151. The molecule has 4 rings (SSSR count). The van der Waals surface area contributed by atoms with Crippen LogP contribution in [-0.4, -0.2) is 104 Å². The fourth-order valence-corrected chi connectivity index (χ4v) is 5.89. The minimum absolute atomic E-state index is 0.0590. The highest BCUT2D eigenvalue weighted by atomic mass is 19.1. The fourth-order valence-electron chi connectivity index (χ4n) is 5.89. The van der Waals surface area contributed by atoms with Crippen molar-refractivity contribution in [3.05, 3.63) is 47.3 Å². The first-order valence-electron chi connectivity index (χ1n) is 15.5. The Labute approximate surface area is 255 Å². The molecule has 0 bridgehead atoms. The topological polar surface area (TPSA) is 91.8 Å². The summed E-state index contributed by atoms with van der Waals surface area (Å²) in [7, 11) is 2.03. The van der Waals surface area contributed by atoms with Crippen molar-refractivity contribution in [3.63, 3.8) is 0 Å². The van der Waals surface area contributed by atoms with Crippen LogP contribution < -0.4 is 4.90 Å². The molecule has 1 amide bonds. The molecule has 0 spiro atoms. The van der Waals surface area contributed by atoms with Gasteiger partial charge in [-0.3, -0.25) is 4.79 Å². The van der Waals surface area contributed by atoms with Crippen molar-refractivity contribution in [2.45, 2.75) is 71.4 Å². The van der Waals surface area contributed by atoms with E-state index in [2.05, 4.69) is 9.80 Å². The Bertz CT molecular complexity index is 1170. The van der Waals surface area contributed by atoms with E-state index in [9.17, 15) is 19.1 Å². The number of rotatable bonds is 4. The normalized spacial score (nSPS) is 31.0. The predicted octanol–water partition coefficient (Wildman–Crippen LogP) is 4.49. The molecule has 1 N–H and O–H groups in total. The summed E-state index contributed by atoms with van der Waals surface area (Å²) < 4.78 is 32.3. The molecule has 2 saturated heterocycles. The smallest absolute Gasteiger partial charge is 0.410 e. The van der Waals surface area contributed by atoms with Gasteiger partial charge in [0.05, 0.1) is 25.2 Å². The number of aliphatic hydroxyl groups excluding tert-OH is 1. The molecule has 0 radical (unpaired) electrons. The van der Waals surface area contributed by atoms with Gasteiger partial charge in [-0.15, -0.1) is 0 Å². The lowest BCUT2D eigenvalue weighted by atomic mass is 9.91. The largest absolute Gasteiger partial charge is 0.457 e. The molecule has 0 saturated carbocycles. The zero-order chi connectivity index (χ0) is 31.1. The van der Waals surface area contributed by atoms with E-state index in [4.69, 9.17) is 14.2 Å². The fraction of sp³-hybridized carbons (Fsp3) is 0.636. The minimum Gasteiger partial charge on any atom is -0.457 e. The maximum atomic E-state index is 14.7. The quantitative estimate of drug-likeness (QED) is 0.399. The van der Waals surface area contributed by atoms with E-state index in [1.165, 1.54) is 12.1 Å². The summed E-state index contributed by atoms with van der Waals surface area (Å²) in [4.78, 5) is 31.9. The Morgan fingerprint density at radius 1 is 1.07 bits per heavy atom. The number of nitrogens with zero attached hydrogens (tertiary/aromatic N) is 3. The lowest BCUT2D eigenvalue weighted by Crippen LogP contribution is -2.48. The molecule has 3 aliphatic heterocycles. The van der Waals surface area contributed by atoms with Gasteiger partial charge in [-0.25, -0.2) is 9.18 Å². The molecule has 6 atom stereocenters. The van der Waals surface area contributed by atoms with Gasteiger partial charge in [-0.05, 0) is 75.1 Å². The van der Waals surface area contributed by atoms with Gasteiger partial charge in [0.1, 0.15) is 18.0 Å². The van der Waals surface area contributed by atoms with Crippen LogP contribution in [0.3, 0.4) is 0 Å². The number of carbonyl (C=O) groups excluding carboxylic acids is 2. The number of hydrogen-bond donors (Lipinski definition) is 1. The number of esters is 1. The molecular weight excluding hydrogens is 553 g/mol. The highest BCUT2D eigenvalue weighted by Gasteiger charge is 2.29. The third kappa shape index (κ3) is 9.52. The number of ether oxygens (including phenoxy) is 3. The number of morpholine rings is 1. The van der Waals surface area contributed by atoms with Gasteiger partial charge in [-0.2, -0.15) is 0 Å². The van der Waals surface area contributed by atoms with E-state index in [1.54, 1.807) is 4.90 Å². The van der Waals surface area contributed by atoms with Crippen molar-refractivity contribution in [1.29, 1.82) is 0 Å². The van der Waals surface area contributed by atoms with E-state index in [-0.39, 0.29) is 36.3 Å². The number of carbonyl (C=O) groups is 2. The number of hydrogen-bond acceptors (Lipinski definition) is 8. The molecule has 10 heteroatoms.